The van der Waals surface area contributed by atoms with Crippen molar-refractivity contribution in [1.29, 1.82) is 0 Å². The summed E-state index contributed by atoms with van der Waals surface area (Å²) in [5.74, 6) is -34.0. The summed E-state index contributed by atoms with van der Waals surface area (Å²) >= 11 is 0. The molecule has 0 rings (SSSR count). The van der Waals surface area contributed by atoms with Crippen LogP contribution in [0, 0.1) is 5.41 Å². The minimum Gasteiger partial charge on any atom is -0.376 e. The highest BCUT2D eigenvalue weighted by Gasteiger charge is 2.92. The number of methoxy groups -OCH3 is 2. The average molecular weight is 934 g/mol. The van der Waals surface area contributed by atoms with Gasteiger partial charge in [0.2, 0.25) is 0 Å². The molecular weight excluding hydrogens is 918 g/mol. The minimum absolute atomic E-state index is 0.289. The molecule has 0 radical (unpaired) electrons. The van der Waals surface area contributed by atoms with Gasteiger partial charge in [-0.25, -0.2) is 18.9 Å². The number of alkyl halides is 30. The lowest BCUT2D eigenvalue weighted by Crippen LogP contribution is -2.71. The fourth-order valence-corrected chi connectivity index (χ4v) is 2.44. The predicted molar refractivity (Wildman–Crippen MR) is 113 cm³/mol. The van der Waals surface area contributed by atoms with Gasteiger partial charge in [0.05, 0.1) is 0 Å². The Balaban J connectivity index is 0. The van der Waals surface area contributed by atoms with Gasteiger partial charge in [0.15, 0.2) is 5.41 Å². The third-order valence-electron chi connectivity index (χ3n) is 5.71. The van der Waals surface area contributed by atoms with E-state index in [1.807, 2.05) is 4.74 Å². The fourth-order valence-electron chi connectivity index (χ4n) is 2.44. The van der Waals surface area contributed by atoms with Gasteiger partial charge in [0, 0.05) is 14.2 Å². The van der Waals surface area contributed by atoms with Gasteiger partial charge >= 0.3 is 84.9 Å². The molecule has 0 aromatic carbocycles. The van der Waals surface area contributed by atoms with Crippen LogP contribution in [0.4, 0.5) is 132 Å². The molecule has 0 spiro atoms. The summed E-state index contributed by atoms with van der Waals surface area (Å²) in [6.07, 6.45) is -66.1. The first-order valence-corrected chi connectivity index (χ1v) is 12.7. The van der Waals surface area contributed by atoms with Gasteiger partial charge in [-0.2, -0.15) is 132 Å². The molecule has 346 valence electrons. The normalized spacial score (nSPS) is 16.1. The largest absolute Gasteiger partial charge is 0.460 e. The zero-order chi connectivity index (χ0) is 47.2. The molecule has 0 aromatic heterocycles. The SMILES string of the molecule is COCC(F)(F)OC(F)(F)C(F)(F)OC(F)(F)C(C)(C)C(F)(F)F.COCC(F)(F)OC(F)(F)C(F)(F)OC(F)(F)C(F)(F)C(F)(F)C(F)(F)C(F)(F)C(F)(F)F. The van der Waals surface area contributed by atoms with E-state index in [2.05, 4.69) is 18.9 Å². The molecule has 0 aromatic rings. The van der Waals surface area contributed by atoms with Crippen molar-refractivity contribution in [2.45, 2.75) is 98.8 Å². The van der Waals surface area contributed by atoms with Crippen molar-refractivity contribution in [3.05, 3.63) is 0 Å². The van der Waals surface area contributed by atoms with Gasteiger partial charge in [0.25, 0.3) is 0 Å². The van der Waals surface area contributed by atoms with Crippen molar-refractivity contribution in [3.63, 3.8) is 0 Å². The molecule has 0 N–H and O–H groups in total. The molecule has 0 aliphatic rings. The molecule has 0 unspecified atom stereocenters. The van der Waals surface area contributed by atoms with Gasteiger partial charge in [0.1, 0.15) is 13.2 Å². The van der Waals surface area contributed by atoms with E-state index in [1.54, 1.807) is 0 Å². The molecule has 36 heteroatoms. The Morgan fingerprint density at radius 3 is 0.772 bits per heavy atom. The summed E-state index contributed by atoms with van der Waals surface area (Å²) in [5, 5.41) is 0. The smallest absolute Gasteiger partial charge is 0.376 e. The maximum absolute atomic E-state index is 13.3. The zero-order valence-electron chi connectivity index (χ0n) is 26.7. The van der Waals surface area contributed by atoms with Crippen molar-refractivity contribution < 1.29 is 160 Å². The van der Waals surface area contributed by atoms with Crippen LogP contribution in [0.3, 0.4) is 0 Å². The first-order valence-electron chi connectivity index (χ1n) is 12.7. The van der Waals surface area contributed by atoms with Crippen molar-refractivity contribution in [3.8, 4) is 0 Å². The van der Waals surface area contributed by atoms with E-state index in [1.165, 1.54) is 4.74 Å². The zero-order valence-corrected chi connectivity index (χ0v) is 26.7. The summed E-state index contributed by atoms with van der Waals surface area (Å²) < 4.78 is 399. The number of hydrogen-bond acceptors (Lipinski definition) is 6. The second-order valence-electron chi connectivity index (χ2n) is 10.6. The lowest BCUT2D eigenvalue weighted by Gasteiger charge is -2.40. The molecule has 0 fully saturated rings. The summed E-state index contributed by atoms with van der Waals surface area (Å²) in [6, 6.07) is 0. The minimum atomic E-state index is -8.66. The average Bonchev–Trinajstić information content (AvgIpc) is 2.88. The van der Waals surface area contributed by atoms with E-state index >= 15 is 0 Å². The third kappa shape index (κ3) is 11.7. The van der Waals surface area contributed by atoms with E-state index in [0.29, 0.717) is 7.11 Å². The number of ether oxygens (including phenoxy) is 6. The Kier molecular flexibility index (Phi) is 16.2. The number of halogens is 30. The molecular formula is C21H16F30O6. The van der Waals surface area contributed by atoms with Crippen LogP contribution in [0.15, 0.2) is 0 Å². The van der Waals surface area contributed by atoms with Gasteiger partial charge in [-0.3, -0.25) is 0 Å². The van der Waals surface area contributed by atoms with Crippen LogP contribution in [-0.4, -0.2) is 112 Å². The van der Waals surface area contributed by atoms with E-state index in [4.69, 9.17) is 0 Å². The number of hydrogen-bond donors (Lipinski definition) is 0. The lowest BCUT2D eigenvalue weighted by atomic mass is 9.91. The molecule has 0 aliphatic heterocycles. The standard InChI is InChI=1S/C11H5F19O3.C10H11F11O3/c1-31-2-3(12,13)32-10(27,28)11(29,30)33-9(25,26)7(20,21)5(16,17)4(14,15)6(18,19)8(22,23)24;1-5(2,7(13,14)15)8(16,17)24-10(20,21)9(18,19)23-6(11,12)4-22-3/h2H2,1H3;4H2,1-3H3. The van der Waals surface area contributed by atoms with Gasteiger partial charge < -0.3 is 9.47 Å². The third-order valence-corrected chi connectivity index (χ3v) is 5.71. The Labute approximate surface area is 293 Å². The van der Waals surface area contributed by atoms with E-state index in [0.717, 1.165) is 0 Å². The van der Waals surface area contributed by atoms with Gasteiger partial charge in [-0.05, 0) is 13.8 Å². The Hall–Kier alpha value is -2.34. The van der Waals surface area contributed by atoms with Crippen LogP contribution in [0.1, 0.15) is 13.8 Å². The molecule has 57 heavy (non-hydrogen) atoms. The molecule has 0 atom stereocenters. The summed E-state index contributed by atoms with van der Waals surface area (Å²) in [5.41, 5.74) is -4.35. The van der Waals surface area contributed by atoms with Crippen molar-refractivity contribution in [2.24, 2.45) is 5.41 Å². The quantitative estimate of drug-likeness (QED) is 0.120. The topological polar surface area (TPSA) is 55.4 Å². The molecule has 0 saturated heterocycles. The van der Waals surface area contributed by atoms with E-state index < -0.39 is 104 Å². The number of rotatable bonds is 19. The van der Waals surface area contributed by atoms with Gasteiger partial charge in [-0.1, -0.05) is 0 Å². The van der Waals surface area contributed by atoms with Gasteiger partial charge in [-0.15, -0.1) is 0 Å². The monoisotopic (exact) mass is 934 g/mol. The molecule has 0 heterocycles. The predicted octanol–water partition coefficient (Wildman–Crippen LogP) is 10.8. The van der Waals surface area contributed by atoms with Crippen molar-refractivity contribution in [1.82, 2.24) is 0 Å². The van der Waals surface area contributed by atoms with Crippen LogP contribution in [0.5, 0.6) is 0 Å². The van der Waals surface area contributed by atoms with Crippen LogP contribution in [0.25, 0.3) is 0 Å². The summed E-state index contributed by atoms with van der Waals surface area (Å²) in [4.78, 5) is 0. The molecule has 0 aliphatic carbocycles. The maximum atomic E-state index is 13.3. The molecule has 0 bridgehead atoms. The Morgan fingerprint density at radius 2 is 0.526 bits per heavy atom. The van der Waals surface area contributed by atoms with Crippen LogP contribution < -0.4 is 0 Å². The summed E-state index contributed by atoms with van der Waals surface area (Å²) in [7, 11) is 0.835. The van der Waals surface area contributed by atoms with Crippen LogP contribution >= 0.6 is 0 Å². The molecule has 0 saturated carbocycles. The van der Waals surface area contributed by atoms with E-state index in [-0.39, 0.29) is 21.0 Å². The van der Waals surface area contributed by atoms with Crippen LogP contribution in [0.2, 0.25) is 0 Å². The highest BCUT2D eigenvalue weighted by atomic mass is 19.4. The van der Waals surface area contributed by atoms with E-state index in [9.17, 15) is 132 Å². The lowest BCUT2D eigenvalue weighted by molar-refractivity contribution is -0.544. The highest BCUT2D eigenvalue weighted by molar-refractivity contribution is 5.08. The Morgan fingerprint density at radius 1 is 0.281 bits per heavy atom. The first kappa shape index (κ1) is 56.8. The van der Waals surface area contributed by atoms with Crippen molar-refractivity contribution >= 4 is 0 Å². The molecule has 6 nitrogen and oxygen atoms in total. The van der Waals surface area contributed by atoms with Crippen molar-refractivity contribution in [2.75, 3.05) is 27.4 Å². The first-order chi connectivity index (χ1) is 24.2. The second kappa shape index (κ2) is 16.3. The summed E-state index contributed by atoms with van der Waals surface area (Å²) in [6.45, 7) is -4.96. The maximum Gasteiger partial charge on any atom is 0.460 e. The second-order valence-corrected chi connectivity index (χ2v) is 10.6. The molecule has 0 amide bonds. The fraction of sp³-hybridized carbons (Fsp3) is 1.00. The highest BCUT2D eigenvalue weighted by Crippen LogP contribution is 2.61. The Bertz CT molecular complexity index is 1300. The van der Waals surface area contributed by atoms with Crippen LogP contribution in [-0.2, 0) is 28.4 Å².